The lowest BCUT2D eigenvalue weighted by atomic mass is 9.76. The maximum absolute atomic E-state index is 14.4. The third kappa shape index (κ3) is 16.5. The van der Waals surface area contributed by atoms with E-state index in [1.165, 1.54) is 11.8 Å². The highest BCUT2D eigenvalue weighted by Crippen LogP contribution is 2.46. The predicted octanol–water partition coefficient (Wildman–Crippen LogP) is 8.25. The first-order valence-electron chi connectivity index (χ1n) is 30.4. The van der Waals surface area contributed by atoms with E-state index in [1.54, 1.807) is 69.3 Å². The van der Waals surface area contributed by atoms with Gasteiger partial charge in [0.15, 0.2) is 6.10 Å². The van der Waals surface area contributed by atoms with E-state index in [-0.39, 0.29) is 55.5 Å². The molecule has 5 aromatic rings. The Bertz CT molecular complexity index is 3620. The largest absolute Gasteiger partial charge is 0.478 e. The van der Waals surface area contributed by atoms with Crippen molar-refractivity contribution < 1.29 is 53.0 Å². The minimum absolute atomic E-state index is 0.0798. The third-order valence-corrected chi connectivity index (χ3v) is 16.7. The van der Waals surface area contributed by atoms with E-state index in [4.69, 9.17) is 10.5 Å². The molecule has 4 aromatic carbocycles. The molecule has 0 fully saturated rings. The monoisotopic (exact) mass is 1230 g/mol. The number of urea groups is 1. The van der Waals surface area contributed by atoms with Crippen molar-refractivity contribution in [2.75, 3.05) is 36.2 Å². The number of carbonyl (C=O) groups excluding carboxylic acids is 8. The molecule has 2 heterocycles. The molecule has 7 rings (SSSR count). The van der Waals surface area contributed by atoms with E-state index >= 15 is 0 Å². The van der Waals surface area contributed by atoms with Gasteiger partial charge in [-0.25, -0.2) is 14.4 Å². The maximum atomic E-state index is 14.4. The Hall–Kier alpha value is -9.31. The normalized spacial score (nSPS) is 15.7. The molecule has 90 heavy (non-hydrogen) atoms. The number of nitrogens with two attached hydrogens (primary N) is 1. The molecule has 1 aliphatic heterocycles. The van der Waals surface area contributed by atoms with Crippen LogP contribution in [-0.4, -0.2) is 119 Å². The standard InChI is InChI=1S/C68H87N11O11/c1-38(2)52(33-40(5)64(86)87)78(13)63(85)59(67(6,7)8)76-62(84)58(70-11)68(9,10)49-37-77(12)53-35-45(27-29-47(49)53)73-66(89)90-57-46-28-26-44(34-48(46)57)72-60(82)50(22-18-32-71-65(69)88)74-61(83)56(39(3)4)75-54(80)30-31-55(81)79-36-43-21-15-14-19-41(43)24-25-42-20-16-17-23-51(42)79/h14-17,19-21,23-29,33-35,37-39,50,52,56-59,70H,18,22,30-32,36H2,1-13H3,(H,72,82)(H,73,89)(H,74,83)(H,75,80)(H,76,84)(H,86,87)(H3,69,71,88)/b25-24-,40-33+/t50-,52+,56-,57?,58?,59+/m0/s1. The van der Waals surface area contributed by atoms with Crippen LogP contribution in [0.5, 0.6) is 0 Å². The zero-order valence-corrected chi connectivity index (χ0v) is 53.7. The molecule has 0 spiro atoms. The number of likely N-dealkylation sites (N-methyl/N-ethyl adjacent to an activating group) is 2. The number of carbonyl (C=O) groups is 9. The number of para-hydroxylation sites is 1. The number of fused-ring (bicyclic) bond motifs is 4. The Morgan fingerprint density at radius 2 is 1.42 bits per heavy atom. The summed E-state index contributed by atoms with van der Waals surface area (Å²) in [4.78, 5) is 124. The quantitative estimate of drug-likeness (QED) is 0.0197. The van der Waals surface area contributed by atoms with Crippen LogP contribution in [0.2, 0.25) is 0 Å². The number of aromatic nitrogens is 1. The average molecular weight is 1230 g/mol. The van der Waals surface area contributed by atoms with Crippen LogP contribution in [0.3, 0.4) is 0 Å². The first-order chi connectivity index (χ1) is 42.4. The molecule has 0 saturated carbocycles. The highest BCUT2D eigenvalue weighted by Gasteiger charge is 2.43. The highest BCUT2D eigenvalue weighted by molar-refractivity contribution is 6.01. The van der Waals surface area contributed by atoms with Gasteiger partial charge in [-0.05, 0) is 96.6 Å². The fourth-order valence-corrected chi connectivity index (χ4v) is 11.5. The van der Waals surface area contributed by atoms with E-state index in [0.29, 0.717) is 29.2 Å². The number of aryl methyl sites for hydroxylation is 1. The molecule has 6 atom stereocenters. The minimum atomic E-state index is -1.13. The number of amides is 9. The number of carboxylic acids is 1. The lowest BCUT2D eigenvalue weighted by molar-refractivity contribution is -0.141. The molecule has 480 valence electrons. The van der Waals surface area contributed by atoms with Crippen molar-refractivity contribution in [1.29, 1.82) is 0 Å². The number of nitrogens with one attached hydrogen (secondary N) is 7. The van der Waals surface area contributed by atoms with Crippen LogP contribution in [0.25, 0.3) is 23.1 Å². The van der Waals surface area contributed by atoms with Crippen LogP contribution in [0.15, 0.2) is 103 Å². The van der Waals surface area contributed by atoms with Gasteiger partial charge in [0.1, 0.15) is 18.1 Å². The lowest BCUT2D eigenvalue weighted by Crippen LogP contribution is -2.61. The molecule has 0 saturated heterocycles. The molecule has 22 heteroatoms. The van der Waals surface area contributed by atoms with Crippen LogP contribution in [0.4, 0.5) is 26.7 Å². The van der Waals surface area contributed by atoms with Gasteiger partial charge in [-0.1, -0.05) is 135 Å². The van der Waals surface area contributed by atoms with Gasteiger partial charge in [0.25, 0.3) is 0 Å². The number of benzene rings is 4. The summed E-state index contributed by atoms with van der Waals surface area (Å²) in [5, 5.41) is 30.4. The zero-order chi connectivity index (χ0) is 66.1. The topological polar surface area (TPSA) is 305 Å². The van der Waals surface area contributed by atoms with E-state index in [1.807, 2.05) is 133 Å². The second-order valence-electron chi connectivity index (χ2n) is 25.6. The number of anilines is 3. The highest BCUT2D eigenvalue weighted by atomic mass is 16.6. The van der Waals surface area contributed by atoms with Crippen LogP contribution < -0.4 is 47.9 Å². The second-order valence-corrected chi connectivity index (χ2v) is 25.6. The maximum Gasteiger partial charge on any atom is 0.412 e. The van der Waals surface area contributed by atoms with Crippen molar-refractivity contribution in [3.05, 3.63) is 136 Å². The van der Waals surface area contributed by atoms with Gasteiger partial charge in [-0.3, -0.25) is 34.1 Å². The smallest absolute Gasteiger partial charge is 0.412 e. The number of hydrogen-bond acceptors (Lipinski definition) is 11. The summed E-state index contributed by atoms with van der Waals surface area (Å²) in [5.41, 5.74) is 11.0. The summed E-state index contributed by atoms with van der Waals surface area (Å²) in [5.74, 6) is -4.40. The van der Waals surface area contributed by atoms with Gasteiger partial charge < -0.3 is 61.8 Å². The van der Waals surface area contributed by atoms with Crippen LogP contribution in [0, 0.1) is 17.3 Å². The van der Waals surface area contributed by atoms with Crippen molar-refractivity contribution in [3.8, 4) is 0 Å². The van der Waals surface area contributed by atoms with Gasteiger partial charge in [0.05, 0.1) is 29.8 Å². The SMILES string of the molecule is CNC(C(=O)N[C@H](C(=O)N(C)[C@H](/C=C(\C)C(=O)O)C(C)C)C(C)(C)C)C(C)(C)c1cn(C)c2cc(NC(=O)OC3c4ccc(NC(=O)[C@H](CCCNC(N)=O)NC(=O)[C@@H](NC(=O)CCC(=O)N5Cc6ccccc6/C=C\c6ccccc65)C(C)C)cc43)ccc12. The van der Waals surface area contributed by atoms with Crippen molar-refractivity contribution in [1.82, 2.24) is 36.1 Å². The summed E-state index contributed by atoms with van der Waals surface area (Å²) in [7, 11) is 5.15. The fraction of sp³-hybridized carbons (Fsp3) is 0.426. The first-order valence-corrected chi connectivity index (χ1v) is 30.4. The Morgan fingerprint density at radius 1 is 0.767 bits per heavy atom. The molecule has 1 aliphatic carbocycles. The number of nitrogens with zero attached hydrogens (tertiary/aromatic N) is 3. The van der Waals surface area contributed by atoms with Gasteiger partial charge in [-0.15, -0.1) is 0 Å². The number of rotatable bonds is 25. The van der Waals surface area contributed by atoms with Gasteiger partial charge in [-0.2, -0.15) is 0 Å². The molecule has 2 aliphatic rings. The van der Waals surface area contributed by atoms with Gasteiger partial charge >= 0.3 is 18.1 Å². The Balaban J connectivity index is 0.964. The Labute approximate surface area is 526 Å². The summed E-state index contributed by atoms with van der Waals surface area (Å²) in [6.45, 7) is 18.7. The van der Waals surface area contributed by atoms with Crippen molar-refractivity contribution in [2.45, 2.75) is 143 Å². The van der Waals surface area contributed by atoms with Crippen LogP contribution >= 0.6 is 0 Å². The van der Waals surface area contributed by atoms with Gasteiger partial charge in [0.2, 0.25) is 35.4 Å². The summed E-state index contributed by atoms with van der Waals surface area (Å²) >= 11 is 0. The fourth-order valence-electron chi connectivity index (χ4n) is 11.5. The number of ether oxygens (including phenoxy) is 1. The molecule has 10 N–H and O–H groups in total. The van der Waals surface area contributed by atoms with E-state index < -0.39 is 94.8 Å². The number of aliphatic carboxylic acids is 1. The number of carboxylic acid groups (broad SMARTS) is 1. The predicted molar refractivity (Wildman–Crippen MR) is 348 cm³/mol. The van der Waals surface area contributed by atoms with E-state index in [0.717, 1.165) is 38.7 Å². The summed E-state index contributed by atoms with van der Waals surface area (Å²) in [6, 6.07) is 20.4. The molecule has 9 amide bonds. The zero-order valence-electron chi connectivity index (χ0n) is 53.7. The summed E-state index contributed by atoms with van der Waals surface area (Å²) in [6.07, 6.45) is 6.01. The van der Waals surface area contributed by atoms with Crippen molar-refractivity contribution in [3.63, 3.8) is 0 Å². The molecule has 22 nitrogen and oxygen atoms in total. The first kappa shape index (κ1) is 68.2. The second kappa shape index (κ2) is 28.9. The Kier molecular flexibility index (Phi) is 21.9. The molecule has 2 unspecified atom stereocenters. The number of hydrogen-bond donors (Lipinski definition) is 9. The lowest BCUT2D eigenvalue weighted by Gasteiger charge is -2.39. The molecule has 0 bridgehead atoms. The molecular formula is C68H87N11O11. The average Bonchev–Trinajstić information content (AvgIpc) is 1.60. The Morgan fingerprint density at radius 3 is 2.08 bits per heavy atom. The van der Waals surface area contributed by atoms with E-state index in [9.17, 15) is 48.3 Å². The number of primary amides is 1. The van der Waals surface area contributed by atoms with Crippen molar-refractivity contribution >= 4 is 93.7 Å². The van der Waals surface area contributed by atoms with Crippen molar-refractivity contribution in [2.24, 2.45) is 30.0 Å². The summed E-state index contributed by atoms with van der Waals surface area (Å²) < 4.78 is 7.73. The minimum Gasteiger partial charge on any atom is -0.478 e. The third-order valence-electron chi connectivity index (χ3n) is 16.7. The molecule has 0 radical (unpaired) electrons. The molecule has 1 aromatic heterocycles. The van der Waals surface area contributed by atoms with Crippen LogP contribution in [0.1, 0.15) is 134 Å². The molecular weight excluding hydrogens is 1150 g/mol. The van der Waals surface area contributed by atoms with E-state index in [2.05, 4.69) is 37.2 Å². The van der Waals surface area contributed by atoms with Crippen LogP contribution in [-0.2, 0) is 57.3 Å². The van der Waals surface area contributed by atoms with Gasteiger partial charge in [0, 0.05) is 78.6 Å².